The Kier molecular flexibility index (Phi) is 7.68. The van der Waals surface area contributed by atoms with Crippen LogP contribution in [0.25, 0.3) is 0 Å². The third-order valence-electron chi connectivity index (χ3n) is 4.91. The van der Waals surface area contributed by atoms with Gasteiger partial charge in [-0.3, -0.25) is 13.9 Å². The summed E-state index contributed by atoms with van der Waals surface area (Å²) in [5.41, 5.74) is 1.08. The van der Waals surface area contributed by atoms with Gasteiger partial charge in [-0.15, -0.1) is 0 Å². The Morgan fingerprint density at radius 1 is 0.818 bits per heavy atom. The normalized spacial score (nSPS) is 10.9. The number of rotatable bonds is 9. The summed E-state index contributed by atoms with van der Waals surface area (Å²) in [7, 11) is -2.37. The van der Waals surface area contributed by atoms with Crippen molar-refractivity contribution in [2.24, 2.45) is 0 Å². The number of nitrogens with zero attached hydrogens (tertiary/aromatic N) is 1. The molecule has 33 heavy (non-hydrogen) atoms. The third-order valence-corrected chi connectivity index (χ3v) is 6.69. The average molecular weight is 468 g/mol. The number of phenolic OH excluding ortho intramolecular Hbond substituents is 1. The van der Waals surface area contributed by atoms with Crippen molar-refractivity contribution in [2.45, 2.75) is 11.3 Å². The molecule has 0 unspecified atom stereocenters. The number of hydrogen-bond acceptors (Lipinski definition) is 5. The van der Waals surface area contributed by atoms with Crippen molar-refractivity contribution in [1.29, 1.82) is 0 Å². The smallest absolute Gasteiger partial charge is 0.264 e. The van der Waals surface area contributed by atoms with Crippen LogP contribution in [0.5, 0.6) is 5.75 Å². The van der Waals surface area contributed by atoms with Crippen molar-refractivity contribution < 1.29 is 23.1 Å². The second-order valence-electron chi connectivity index (χ2n) is 7.25. The van der Waals surface area contributed by atoms with Gasteiger partial charge in [0.25, 0.3) is 21.8 Å². The maximum absolute atomic E-state index is 12.9. The van der Waals surface area contributed by atoms with Crippen LogP contribution in [0, 0.1) is 0 Å². The number of sulfonamides is 1. The van der Waals surface area contributed by atoms with Crippen LogP contribution < -0.4 is 14.9 Å². The van der Waals surface area contributed by atoms with Gasteiger partial charge < -0.3 is 15.7 Å². The Hall–Kier alpha value is -3.85. The number of hydrogen-bond donors (Lipinski definition) is 3. The molecule has 2 amide bonds. The highest BCUT2D eigenvalue weighted by Gasteiger charge is 2.22. The lowest BCUT2D eigenvalue weighted by Crippen LogP contribution is -2.30. The van der Waals surface area contributed by atoms with E-state index in [0.717, 1.165) is 0 Å². The van der Waals surface area contributed by atoms with Crippen LogP contribution in [0.2, 0.25) is 0 Å². The van der Waals surface area contributed by atoms with Crippen LogP contribution in [0.15, 0.2) is 83.8 Å². The molecule has 0 aliphatic rings. The minimum Gasteiger partial charge on any atom is -0.508 e. The lowest BCUT2D eigenvalue weighted by atomic mass is 10.2. The van der Waals surface area contributed by atoms with E-state index in [-0.39, 0.29) is 22.1 Å². The van der Waals surface area contributed by atoms with Crippen molar-refractivity contribution >= 4 is 27.5 Å². The zero-order valence-corrected chi connectivity index (χ0v) is 18.9. The molecular formula is C24H25N3O5S. The van der Waals surface area contributed by atoms with Gasteiger partial charge in [-0.05, 0) is 55.0 Å². The maximum atomic E-state index is 12.9. The Bertz CT molecular complexity index is 1230. The summed E-state index contributed by atoms with van der Waals surface area (Å²) >= 11 is 0. The van der Waals surface area contributed by atoms with E-state index in [0.29, 0.717) is 30.8 Å². The molecule has 0 saturated carbocycles. The number of benzene rings is 3. The maximum Gasteiger partial charge on any atom is 0.264 e. The number of para-hydroxylation sites is 1. The number of carbonyl (C=O) groups excluding carboxylic acids is 2. The highest BCUT2D eigenvalue weighted by Crippen LogP contribution is 2.22. The van der Waals surface area contributed by atoms with Gasteiger partial charge in [-0.25, -0.2) is 8.42 Å². The number of aromatic hydroxyl groups is 1. The summed E-state index contributed by atoms with van der Waals surface area (Å²) in [5, 5.41) is 14.9. The first-order chi connectivity index (χ1) is 15.8. The SMILES string of the molecule is CN(c1ccccc1)S(=O)(=O)c1cccc(C(=O)NCCCNC(=O)c2cccc(O)c2)c1. The minimum atomic E-state index is -3.83. The zero-order valence-electron chi connectivity index (χ0n) is 18.1. The zero-order chi connectivity index (χ0) is 23.8. The molecule has 0 atom stereocenters. The summed E-state index contributed by atoms with van der Waals surface area (Å²) in [6.07, 6.45) is 0.477. The fraction of sp³-hybridized carbons (Fsp3) is 0.167. The lowest BCUT2D eigenvalue weighted by molar-refractivity contribution is 0.0951. The summed E-state index contributed by atoms with van der Waals surface area (Å²) in [6.45, 7) is 0.616. The number of nitrogens with one attached hydrogen (secondary N) is 2. The van der Waals surface area contributed by atoms with Crippen molar-refractivity contribution in [2.75, 3.05) is 24.4 Å². The van der Waals surface area contributed by atoms with E-state index in [2.05, 4.69) is 10.6 Å². The molecule has 0 aliphatic carbocycles. The number of amides is 2. The van der Waals surface area contributed by atoms with Crippen molar-refractivity contribution in [3.63, 3.8) is 0 Å². The van der Waals surface area contributed by atoms with E-state index >= 15 is 0 Å². The third kappa shape index (κ3) is 6.11. The summed E-state index contributed by atoms with van der Waals surface area (Å²) in [4.78, 5) is 24.5. The number of carbonyl (C=O) groups is 2. The molecule has 172 valence electrons. The van der Waals surface area contributed by atoms with Gasteiger partial charge in [0.1, 0.15) is 5.75 Å². The van der Waals surface area contributed by atoms with E-state index in [4.69, 9.17) is 0 Å². The molecule has 3 N–H and O–H groups in total. The second-order valence-corrected chi connectivity index (χ2v) is 9.22. The Morgan fingerprint density at radius 3 is 2.00 bits per heavy atom. The number of phenols is 1. The molecule has 3 rings (SSSR count). The predicted octanol–water partition coefficient (Wildman–Crippen LogP) is 2.77. The van der Waals surface area contributed by atoms with Crippen molar-refractivity contribution in [3.05, 3.63) is 90.0 Å². The van der Waals surface area contributed by atoms with E-state index in [1.54, 1.807) is 48.5 Å². The molecule has 0 aromatic heterocycles. The second kappa shape index (κ2) is 10.6. The first kappa shape index (κ1) is 23.8. The van der Waals surface area contributed by atoms with Crippen LogP contribution in [0.4, 0.5) is 5.69 Å². The molecule has 0 heterocycles. The Balaban J connectivity index is 1.54. The Morgan fingerprint density at radius 2 is 1.39 bits per heavy atom. The Labute approximate surface area is 192 Å². The van der Waals surface area contributed by atoms with Gasteiger partial charge in [0.05, 0.1) is 10.6 Å². The van der Waals surface area contributed by atoms with E-state index in [9.17, 15) is 23.1 Å². The largest absolute Gasteiger partial charge is 0.508 e. The quantitative estimate of drug-likeness (QED) is 0.419. The topological polar surface area (TPSA) is 116 Å². The molecule has 0 saturated heterocycles. The predicted molar refractivity (Wildman–Crippen MR) is 126 cm³/mol. The van der Waals surface area contributed by atoms with Crippen molar-refractivity contribution in [1.82, 2.24) is 10.6 Å². The first-order valence-corrected chi connectivity index (χ1v) is 11.7. The molecule has 0 bridgehead atoms. The van der Waals surface area contributed by atoms with Gasteiger partial charge in [-0.2, -0.15) is 0 Å². The average Bonchev–Trinajstić information content (AvgIpc) is 2.83. The molecule has 9 heteroatoms. The molecular weight excluding hydrogens is 442 g/mol. The molecule has 3 aromatic rings. The first-order valence-electron chi connectivity index (χ1n) is 10.3. The monoisotopic (exact) mass is 467 g/mol. The molecule has 8 nitrogen and oxygen atoms in total. The molecule has 3 aromatic carbocycles. The molecule has 0 fully saturated rings. The molecule has 0 aliphatic heterocycles. The van der Waals surface area contributed by atoms with Gasteiger partial charge in [0.2, 0.25) is 0 Å². The van der Waals surface area contributed by atoms with Gasteiger partial charge in [-0.1, -0.05) is 30.3 Å². The van der Waals surface area contributed by atoms with Crippen LogP contribution in [-0.2, 0) is 10.0 Å². The van der Waals surface area contributed by atoms with Gasteiger partial charge in [0, 0.05) is 31.3 Å². The van der Waals surface area contributed by atoms with Crippen LogP contribution in [0.1, 0.15) is 27.1 Å². The summed E-state index contributed by atoms with van der Waals surface area (Å²) in [5.74, 6) is -0.722. The van der Waals surface area contributed by atoms with E-state index in [1.165, 1.54) is 41.7 Å². The van der Waals surface area contributed by atoms with E-state index < -0.39 is 15.9 Å². The fourth-order valence-electron chi connectivity index (χ4n) is 3.08. The lowest BCUT2D eigenvalue weighted by Gasteiger charge is -2.19. The van der Waals surface area contributed by atoms with Crippen LogP contribution in [0.3, 0.4) is 0 Å². The van der Waals surface area contributed by atoms with E-state index in [1.807, 2.05) is 0 Å². The summed E-state index contributed by atoms with van der Waals surface area (Å²) in [6, 6.07) is 20.5. The summed E-state index contributed by atoms with van der Waals surface area (Å²) < 4.78 is 27.1. The fourth-order valence-corrected chi connectivity index (χ4v) is 4.32. The minimum absolute atomic E-state index is 0.00844. The highest BCUT2D eigenvalue weighted by molar-refractivity contribution is 7.92. The standard InChI is InChI=1S/C24H25N3O5S/c1-27(20-10-3-2-4-11-20)33(31,32)22-13-6-9-19(17-22)24(30)26-15-7-14-25-23(29)18-8-5-12-21(28)16-18/h2-6,8-13,16-17,28H,7,14-15H2,1H3,(H,25,29)(H,26,30). The highest BCUT2D eigenvalue weighted by atomic mass is 32.2. The molecule has 0 radical (unpaired) electrons. The molecule has 0 spiro atoms. The number of anilines is 1. The van der Waals surface area contributed by atoms with Gasteiger partial charge >= 0.3 is 0 Å². The van der Waals surface area contributed by atoms with Crippen molar-refractivity contribution in [3.8, 4) is 5.75 Å². The van der Waals surface area contributed by atoms with Crippen LogP contribution >= 0.6 is 0 Å². The van der Waals surface area contributed by atoms with Gasteiger partial charge in [0.15, 0.2) is 0 Å². The van der Waals surface area contributed by atoms with Crippen LogP contribution in [-0.4, -0.2) is 45.5 Å².